The topological polar surface area (TPSA) is 46.2 Å². The summed E-state index contributed by atoms with van der Waals surface area (Å²) in [6, 6.07) is 0. The zero-order chi connectivity index (χ0) is 12.2. The largest absolute Gasteiger partial charge is 0.388 e. The van der Waals surface area contributed by atoms with Gasteiger partial charge in [-0.15, -0.1) is 0 Å². The van der Waals surface area contributed by atoms with E-state index in [2.05, 4.69) is 13.8 Å². The van der Waals surface area contributed by atoms with Gasteiger partial charge in [0.15, 0.2) is 0 Å². The van der Waals surface area contributed by atoms with Crippen LogP contribution in [0.3, 0.4) is 0 Å². The summed E-state index contributed by atoms with van der Waals surface area (Å²) in [6.07, 6.45) is 2.25. The highest BCUT2D eigenvalue weighted by atomic mass is 19.3. The van der Waals surface area contributed by atoms with Crippen molar-refractivity contribution in [1.29, 1.82) is 0 Å². The van der Waals surface area contributed by atoms with Crippen LogP contribution in [0.1, 0.15) is 52.4 Å². The van der Waals surface area contributed by atoms with Crippen molar-refractivity contribution in [3.05, 3.63) is 0 Å². The second-order valence-electron chi connectivity index (χ2n) is 6.59. The maximum absolute atomic E-state index is 13.0. The quantitative estimate of drug-likeness (QED) is 0.730. The van der Waals surface area contributed by atoms with Crippen LogP contribution in [0.2, 0.25) is 0 Å². The molecule has 3 N–H and O–H groups in total. The third-order valence-electron chi connectivity index (χ3n) is 4.29. The normalized spacial score (nSPS) is 40.1. The number of hydrogen-bond donors (Lipinski definition) is 2. The van der Waals surface area contributed by atoms with Crippen molar-refractivity contribution in [3.8, 4) is 0 Å². The van der Waals surface area contributed by atoms with Crippen LogP contribution in [0.15, 0.2) is 0 Å². The Hall–Kier alpha value is -0.220. The molecule has 2 rings (SSSR count). The molecule has 0 aromatic carbocycles. The highest BCUT2D eigenvalue weighted by molar-refractivity contribution is 5.16. The highest BCUT2D eigenvalue weighted by Crippen LogP contribution is 2.55. The Morgan fingerprint density at radius 2 is 1.62 bits per heavy atom. The number of halogens is 2. The second-order valence-corrected chi connectivity index (χ2v) is 6.59. The lowest BCUT2D eigenvalue weighted by Gasteiger charge is -2.57. The Balaban J connectivity index is 2.14. The van der Waals surface area contributed by atoms with Crippen LogP contribution in [0.25, 0.3) is 0 Å². The molecule has 4 heteroatoms. The van der Waals surface area contributed by atoms with Crippen LogP contribution >= 0.6 is 0 Å². The van der Waals surface area contributed by atoms with E-state index in [0.29, 0.717) is 12.8 Å². The molecule has 2 nitrogen and oxygen atoms in total. The summed E-state index contributed by atoms with van der Waals surface area (Å²) >= 11 is 0. The Labute approximate surface area is 95.2 Å². The first-order valence-electron chi connectivity index (χ1n) is 5.97. The molecule has 0 spiro atoms. The van der Waals surface area contributed by atoms with Crippen molar-refractivity contribution in [2.45, 2.75) is 69.4 Å². The van der Waals surface area contributed by atoms with Gasteiger partial charge in [0.2, 0.25) is 0 Å². The Bertz CT molecular complexity index is 295. The molecular formula is C12H21F2NO. The molecule has 1 unspecified atom stereocenters. The minimum atomic E-state index is -2.67. The van der Waals surface area contributed by atoms with Crippen molar-refractivity contribution in [3.63, 3.8) is 0 Å². The number of aliphatic hydroxyl groups is 1. The number of hydrogen-bond acceptors (Lipinski definition) is 2. The zero-order valence-corrected chi connectivity index (χ0v) is 10.0. The van der Waals surface area contributed by atoms with E-state index in [-0.39, 0.29) is 18.3 Å². The molecule has 2 saturated carbocycles. The van der Waals surface area contributed by atoms with Crippen molar-refractivity contribution >= 4 is 0 Å². The first-order valence-corrected chi connectivity index (χ1v) is 5.97. The lowest BCUT2D eigenvalue weighted by atomic mass is 9.55. The average molecular weight is 233 g/mol. The molecule has 0 amide bonds. The Morgan fingerprint density at radius 3 is 2.06 bits per heavy atom. The van der Waals surface area contributed by atoms with Crippen molar-refractivity contribution < 1.29 is 13.9 Å². The molecule has 0 radical (unpaired) electrons. The predicted molar refractivity (Wildman–Crippen MR) is 58.3 cm³/mol. The van der Waals surface area contributed by atoms with Gasteiger partial charge in [-0.05, 0) is 31.1 Å². The van der Waals surface area contributed by atoms with Gasteiger partial charge >= 0.3 is 0 Å². The van der Waals surface area contributed by atoms with Gasteiger partial charge in [-0.3, -0.25) is 0 Å². The molecule has 94 valence electrons. The minimum Gasteiger partial charge on any atom is -0.388 e. The molecule has 0 saturated heterocycles. The third-order valence-corrected chi connectivity index (χ3v) is 4.29. The van der Waals surface area contributed by atoms with Crippen molar-refractivity contribution in [2.75, 3.05) is 0 Å². The van der Waals surface area contributed by atoms with Gasteiger partial charge in [0, 0.05) is 12.8 Å². The number of rotatable bonds is 1. The monoisotopic (exact) mass is 233 g/mol. The predicted octanol–water partition coefficient (Wildman–Crippen LogP) is 2.44. The van der Waals surface area contributed by atoms with E-state index in [9.17, 15) is 13.9 Å². The van der Waals surface area contributed by atoms with Crippen LogP contribution in [0.5, 0.6) is 0 Å². The molecule has 0 bridgehead atoms. The van der Waals surface area contributed by atoms with E-state index in [4.69, 9.17) is 5.73 Å². The fourth-order valence-electron chi connectivity index (χ4n) is 3.45. The van der Waals surface area contributed by atoms with Gasteiger partial charge in [0.05, 0.1) is 11.1 Å². The van der Waals surface area contributed by atoms with E-state index in [1.165, 1.54) is 0 Å². The highest BCUT2D eigenvalue weighted by Gasteiger charge is 2.64. The first kappa shape index (κ1) is 12.2. The smallest absolute Gasteiger partial charge is 0.251 e. The van der Waals surface area contributed by atoms with Crippen LogP contribution in [0.4, 0.5) is 8.78 Å². The van der Waals surface area contributed by atoms with Crippen LogP contribution in [-0.2, 0) is 0 Å². The summed E-state index contributed by atoms with van der Waals surface area (Å²) < 4.78 is 25.9. The van der Waals surface area contributed by atoms with Gasteiger partial charge in [0.25, 0.3) is 5.92 Å². The van der Waals surface area contributed by atoms with E-state index in [0.717, 1.165) is 12.8 Å². The molecule has 0 heterocycles. The SMILES string of the molecule is CC1(C)CCCC(O)(C2(N)CC(F)(F)C2)C1. The molecular weight excluding hydrogens is 212 g/mol. The second kappa shape index (κ2) is 3.16. The fourth-order valence-corrected chi connectivity index (χ4v) is 3.45. The molecule has 16 heavy (non-hydrogen) atoms. The fraction of sp³-hybridized carbons (Fsp3) is 1.00. The summed E-state index contributed by atoms with van der Waals surface area (Å²) in [5, 5.41) is 10.6. The van der Waals surface area contributed by atoms with E-state index >= 15 is 0 Å². The van der Waals surface area contributed by atoms with Crippen LogP contribution in [0, 0.1) is 5.41 Å². The Kier molecular flexibility index (Phi) is 2.42. The molecule has 0 aromatic heterocycles. The molecule has 1 atom stereocenters. The maximum Gasteiger partial charge on any atom is 0.251 e. The summed E-state index contributed by atoms with van der Waals surface area (Å²) in [6.45, 7) is 4.13. The standard InChI is InChI=1S/C12H21F2NO/c1-9(2)4-3-5-11(16,6-9)10(15)7-12(13,14)8-10/h16H,3-8,15H2,1-2H3. The molecule has 2 aliphatic carbocycles. The van der Waals surface area contributed by atoms with Crippen LogP contribution in [-0.4, -0.2) is 22.2 Å². The summed E-state index contributed by atoms with van der Waals surface area (Å²) in [5.74, 6) is -2.67. The molecule has 2 fully saturated rings. The first-order chi connectivity index (χ1) is 7.08. The average Bonchev–Trinajstić information content (AvgIpc) is 1.96. The zero-order valence-electron chi connectivity index (χ0n) is 10.0. The van der Waals surface area contributed by atoms with Gasteiger partial charge in [0.1, 0.15) is 0 Å². The van der Waals surface area contributed by atoms with E-state index < -0.39 is 17.1 Å². The molecule has 0 aliphatic heterocycles. The lowest BCUT2D eigenvalue weighted by Crippen LogP contribution is -2.72. The van der Waals surface area contributed by atoms with E-state index in [1.54, 1.807) is 0 Å². The Morgan fingerprint density at radius 1 is 1.06 bits per heavy atom. The van der Waals surface area contributed by atoms with E-state index in [1.807, 2.05) is 0 Å². The lowest BCUT2D eigenvalue weighted by molar-refractivity contribution is -0.208. The summed E-state index contributed by atoms with van der Waals surface area (Å²) in [4.78, 5) is 0. The third kappa shape index (κ3) is 1.86. The number of alkyl halides is 2. The molecule has 0 aromatic rings. The van der Waals surface area contributed by atoms with Crippen LogP contribution < -0.4 is 5.73 Å². The minimum absolute atomic E-state index is 0.00421. The summed E-state index contributed by atoms with van der Waals surface area (Å²) in [5.41, 5.74) is 3.81. The maximum atomic E-state index is 13.0. The van der Waals surface area contributed by atoms with Gasteiger partial charge in [-0.1, -0.05) is 13.8 Å². The van der Waals surface area contributed by atoms with Gasteiger partial charge < -0.3 is 10.8 Å². The van der Waals surface area contributed by atoms with Gasteiger partial charge in [-0.25, -0.2) is 8.78 Å². The number of nitrogens with two attached hydrogens (primary N) is 1. The summed E-state index contributed by atoms with van der Waals surface area (Å²) in [7, 11) is 0. The van der Waals surface area contributed by atoms with Crippen molar-refractivity contribution in [2.24, 2.45) is 11.1 Å². The van der Waals surface area contributed by atoms with Gasteiger partial charge in [-0.2, -0.15) is 0 Å². The molecule has 2 aliphatic rings. The van der Waals surface area contributed by atoms with Crippen molar-refractivity contribution in [1.82, 2.24) is 0 Å².